The molecule has 0 aliphatic carbocycles. The van der Waals surface area contributed by atoms with Crippen LogP contribution in [0, 0.1) is 0 Å². The molecule has 1 atom stereocenters. The lowest BCUT2D eigenvalue weighted by Gasteiger charge is -2.24. The number of methoxy groups -OCH3 is 1. The zero-order chi connectivity index (χ0) is 12.3. The maximum atomic E-state index is 10.8. The van der Waals surface area contributed by atoms with Crippen LogP contribution in [-0.2, 0) is 4.79 Å². The Kier molecular flexibility index (Phi) is 3.64. The number of carboxylic acids is 1. The van der Waals surface area contributed by atoms with E-state index in [1.165, 1.54) is 0 Å². The molecule has 0 spiro atoms. The van der Waals surface area contributed by atoms with Crippen LogP contribution in [0.1, 0.15) is 24.4 Å². The predicted molar refractivity (Wildman–Crippen MR) is 64.2 cm³/mol. The van der Waals surface area contributed by atoms with Gasteiger partial charge in [-0.05, 0) is 25.5 Å². The summed E-state index contributed by atoms with van der Waals surface area (Å²) in [6, 6.07) is 8.01. The number of likely N-dealkylation sites (tertiary alicyclic amines) is 1. The van der Waals surface area contributed by atoms with Crippen molar-refractivity contribution in [2.75, 3.05) is 20.2 Å². The number of aliphatic carboxylic acids is 1. The number of nitrogens with zero attached hydrogens (tertiary/aromatic N) is 1. The van der Waals surface area contributed by atoms with Crippen LogP contribution >= 0.6 is 0 Å². The molecule has 0 aromatic heterocycles. The summed E-state index contributed by atoms with van der Waals surface area (Å²) >= 11 is 0. The summed E-state index contributed by atoms with van der Waals surface area (Å²) in [5.41, 5.74) is 1.09. The third kappa shape index (κ3) is 2.58. The van der Waals surface area contributed by atoms with Gasteiger partial charge in [0.25, 0.3) is 0 Å². The number of ether oxygens (including phenoxy) is 1. The van der Waals surface area contributed by atoms with E-state index in [0.29, 0.717) is 0 Å². The van der Waals surface area contributed by atoms with E-state index in [-0.39, 0.29) is 12.6 Å². The van der Waals surface area contributed by atoms with Gasteiger partial charge in [-0.15, -0.1) is 0 Å². The number of carboxylic acid groups (broad SMARTS) is 1. The van der Waals surface area contributed by atoms with Crippen molar-refractivity contribution >= 4 is 5.97 Å². The van der Waals surface area contributed by atoms with E-state index >= 15 is 0 Å². The minimum Gasteiger partial charge on any atom is -0.496 e. The first-order valence-corrected chi connectivity index (χ1v) is 5.81. The molecule has 1 aliphatic heterocycles. The lowest BCUT2D eigenvalue weighted by Crippen LogP contribution is -2.29. The fourth-order valence-electron chi connectivity index (χ4n) is 2.48. The fourth-order valence-corrected chi connectivity index (χ4v) is 2.48. The first-order valence-electron chi connectivity index (χ1n) is 5.81. The number of hydrogen-bond acceptors (Lipinski definition) is 3. The summed E-state index contributed by atoms with van der Waals surface area (Å²) in [5.74, 6) is 0.0709. The van der Waals surface area contributed by atoms with Crippen LogP contribution < -0.4 is 4.74 Å². The monoisotopic (exact) mass is 235 g/mol. The zero-order valence-electron chi connectivity index (χ0n) is 9.93. The van der Waals surface area contributed by atoms with E-state index in [2.05, 4.69) is 0 Å². The first kappa shape index (κ1) is 11.9. The van der Waals surface area contributed by atoms with Gasteiger partial charge in [0.15, 0.2) is 0 Å². The Balaban J connectivity index is 2.22. The predicted octanol–water partition coefficient (Wildman–Crippen LogP) is 1.92. The van der Waals surface area contributed by atoms with Crippen LogP contribution in [0.3, 0.4) is 0 Å². The Bertz CT molecular complexity index is 405. The van der Waals surface area contributed by atoms with E-state index in [1.807, 2.05) is 29.2 Å². The lowest BCUT2D eigenvalue weighted by atomic mass is 10.0. The molecule has 0 amide bonds. The van der Waals surface area contributed by atoms with E-state index < -0.39 is 5.97 Å². The molecule has 0 unspecified atom stereocenters. The van der Waals surface area contributed by atoms with Gasteiger partial charge in [-0.1, -0.05) is 18.2 Å². The molecular formula is C13H17NO3. The molecule has 1 saturated heterocycles. The number of rotatable bonds is 4. The number of benzene rings is 1. The highest BCUT2D eigenvalue weighted by molar-refractivity contribution is 5.69. The molecule has 0 radical (unpaired) electrons. The van der Waals surface area contributed by atoms with Gasteiger partial charge in [-0.25, -0.2) is 0 Å². The zero-order valence-corrected chi connectivity index (χ0v) is 9.93. The molecule has 1 aromatic rings. The first-order chi connectivity index (χ1) is 8.22. The third-order valence-electron chi connectivity index (χ3n) is 3.20. The summed E-state index contributed by atoms with van der Waals surface area (Å²) in [7, 11) is 1.65. The van der Waals surface area contributed by atoms with Crippen molar-refractivity contribution < 1.29 is 14.6 Å². The van der Waals surface area contributed by atoms with Gasteiger partial charge in [0.2, 0.25) is 0 Å². The third-order valence-corrected chi connectivity index (χ3v) is 3.20. The lowest BCUT2D eigenvalue weighted by molar-refractivity contribution is -0.138. The second-order valence-electron chi connectivity index (χ2n) is 4.26. The van der Waals surface area contributed by atoms with Gasteiger partial charge in [0, 0.05) is 11.6 Å². The summed E-state index contributed by atoms with van der Waals surface area (Å²) in [6.45, 7) is 0.942. The molecule has 0 saturated carbocycles. The Morgan fingerprint density at radius 2 is 2.29 bits per heavy atom. The summed E-state index contributed by atoms with van der Waals surface area (Å²) < 4.78 is 5.34. The Morgan fingerprint density at radius 1 is 1.53 bits per heavy atom. The maximum absolute atomic E-state index is 10.8. The number of carbonyl (C=O) groups is 1. The number of para-hydroxylation sites is 1. The molecule has 4 nitrogen and oxygen atoms in total. The fraction of sp³-hybridized carbons (Fsp3) is 0.462. The van der Waals surface area contributed by atoms with Crippen LogP contribution in [0.4, 0.5) is 0 Å². The second-order valence-corrected chi connectivity index (χ2v) is 4.26. The van der Waals surface area contributed by atoms with Crippen LogP contribution in [0.2, 0.25) is 0 Å². The standard InChI is InChI=1S/C13H17NO3/c1-17-12-7-3-2-5-10(12)11-6-4-8-14(11)9-13(15)16/h2-3,5,7,11H,4,6,8-9H2,1H3,(H,15,16)/t11-/m0/s1. The Labute approximate surface area is 101 Å². The average molecular weight is 235 g/mol. The maximum Gasteiger partial charge on any atom is 0.317 e. The van der Waals surface area contributed by atoms with Gasteiger partial charge in [-0.3, -0.25) is 9.69 Å². The van der Waals surface area contributed by atoms with E-state index in [1.54, 1.807) is 7.11 Å². The molecule has 17 heavy (non-hydrogen) atoms. The minimum absolute atomic E-state index is 0.0999. The van der Waals surface area contributed by atoms with Crippen LogP contribution in [-0.4, -0.2) is 36.2 Å². The molecule has 92 valence electrons. The molecule has 4 heteroatoms. The smallest absolute Gasteiger partial charge is 0.317 e. The summed E-state index contributed by atoms with van der Waals surface area (Å²) in [5, 5.41) is 8.89. The molecule has 2 rings (SSSR count). The highest BCUT2D eigenvalue weighted by Crippen LogP contribution is 2.36. The molecule has 1 aromatic carbocycles. The van der Waals surface area contributed by atoms with Crippen LogP contribution in [0.15, 0.2) is 24.3 Å². The van der Waals surface area contributed by atoms with Gasteiger partial charge in [-0.2, -0.15) is 0 Å². The highest BCUT2D eigenvalue weighted by Gasteiger charge is 2.29. The van der Waals surface area contributed by atoms with Crippen molar-refractivity contribution in [2.45, 2.75) is 18.9 Å². The van der Waals surface area contributed by atoms with E-state index in [0.717, 1.165) is 30.7 Å². The second kappa shape index (κ2) is 5.19. The SMILES string of the molecule is COc1ccccc1[C@@H]1CCCN1CC(=O)O. The van der Waals surface area contributed by atoms with Crippen LogP contribution in [0.25, 0.3) is 0 Å². The normalized spacial score (nSPS) is 20.4. The molecular weight excluding hydrogens is 218 g/mol. The average Bonchev–Trinajstić information content (AvgIpc) is 2.76. The number of hydrogen-bond donors (Lipinski definition) is 1. The van der Waals surface area contributed by atoms with Gasteiger partial charge < -0.3 is 9.84 Å². The molecule has 1 N–H and O–H groups in total. The van der Waals surface area contributed by atoms with Crippen molar-refractivity contribution in [1.29, 1.82) is 0 Å². The van der Waals surface area contributed by atoms with Gasteiger partial charge in [0.05, 0.1) is 13.7 Å². The summed E-state index contributed by atoms with van der Waals surface area (Å²) in [6.07, 6.45) is 2.03. The Hall–Kier alpha value is -1.55. The van der Waals surface area contributed by atoms with Crippen molar-refractivity contribution in [3.63, 3.8) is 0 Å². The van der Waals surface area contributed by atoms with Crippen LogP contribution in [0.5, 0.6) is 5.75 Å². The van der Waals surface area contributed by atoms with Crippen molar-refractivity contribution in [2.24, 2.45) is 0 Å². The van der Waals surface area contributed by atoms with Crippen molar-refractivity contribution in [3.8, 4) is 5.75 Å². The molecule has 1 heterocycles. The Morgan fingerprint density at radius 3 is 3.00 bits per heavy atom. The van der Waals surface area contributed by atoms with Crippen molar-refractivity contribution in [3.05, 3.63) is 29.8 Å². The molecule has 0 bridgehead atoms. The largest absolute Gasteiger partial charge is 0.496 e. The highest BCUT2D eigenvalue weighted by atomic mass is 16.5. The topological polar surface area (TPSA) is 49.8 Å². The quantitative estimate of drug-likeness (QED) is 0.866. The minimum atomic E-state index is -0.771. The van der Waals surface area contributed by atoms with E-state index in [4.69, 9.17) is 9.84 Å². The summed E-state index contributed by atoms with van der Waals surface area (Å²) in [4.78, 5) is 12.8. The molecule has 1 fully saturated rings. The van der Waals surface area contributed by atoms with E-state index in [9.17, 15) is 4.79 Å². The molecule has 1 aliphatic rings. The van der Waals surface area contributed by atoms with Gasteiger partial charge in [0.1, 0.15) is 5.75 Å². The van der Waals surface area contributed by atoms with Gasteiger partial charge >= 0.3 is 5.97 Å². The van der Waals surface area contributed by atoms with Crippen molar-refractivity contribution in [1.82, 2.24) is 4.90 Å².